The maximum absolute atomic E-state index is 13.1. The fourth-order valence-electron chi connectivity index (χ4n) is 2.63. The summed E-state index contributed by atoms with van der Waals surface area (Å²) >= 11 is 5.92. The fourth-order valence-corrected chi connectivity index (χ4v) is 4.35. The highest BCUT2D eigenvalue weighted by molar-refractivity contribution is 7.92. The molecule has 138 valence electrons. The number of carbonyl (C=O) groups is 1. The minimum Gasteiger partial charge on any atom is -0.486 e. The van der Waals surface area contributed by atoms with Gasteiger partial charge in [-0.05, 0) is 42.8 Å². The van der Waals surface area contributed by atoms with Crippen molar-refractivity contribution in [3.8, 4) is 11.5 Å². The Balaban J connectivity index is 2.09. The SMILES string of the molecule is Cc1cc(Cl)ccc1N(CC(=O)O)S(=O)(=O)c1ccc2c(c1)OCCO2. The molecule has 0 amide bonds. The largest absolute Gasteiger partial charge is 0.486 e. The molecule has 0 spiro atoms. The van der Waals surface area contributed by atoms with Crippen LogP contribution in [0.5, 0.6) is 11.5 Å². The third-order valence-electron chi connectivity index (χ3n) is 3.81. The van der Waals surface area contributed by atoms with Crippen LogP contribution in [0, 0.1) is 6.92 Å². The van der Waals surface area contributed by atoms with E-state index in [1.165, 1.54) is 30.3 Å². The molecule has 9 heteroatoms. The Morgan fingerprint density at radius 1 is 1.15 bits per heavy atom. The first kappa shape index (κ1) is 18.3. The number of halogens is 1. The number of rotatable bonds is 5. The second kappa shape index (κ2) is 7.05. The first-order chi connectivity index (χ1) is 12.3. The molecule has 0 unspecified atom stereocenters. The van der Waals surface area contributed by atoms with E-state index in [0.29, 0.717) is 35.3 Å². The van der Waals surface area contributed by atoms with Crippen LogP contribution >= 0.6 is 11.6 Å². The predicted molar refractivity (Wildman–Crippen MR) is 95.8 cm³/mol. The number of nitrogens with zero attached hydrogens (tertiary/aromatic N) is 1. The summed E-state index contributed by atoms with van der Waals surface area (Å²) in [5, 5.41) is 9.65. The summed E-state index contributed by atoms with van der Waals surface area (Å²) in [4.78, 5) is 11.2. The van der Waals surface area contributed by atoms with Crippen molar-refractivity contribution in [2.75, 3.05) is 24.1 Å². The zero-order valence-electron chi connectivity index (χ0n) is 13.8. The van der Waals surface area contributed by atoms with Crippen molar-refractivity contribution >= 4 is 33.3 Å². The lowest BCUT2D eigenvalue weighted by molar-refractivity contribution is -0.135. The third-order valence-corrected chi connectivity index (χ3v) is 5.80. The Hall–Kier alpha value is -2.45. The van der Waals surface area contributed by atoms with Crippen molar-refractivity contribution in [3.05, 3.63) is 47.0 Å². The minimum atomic E-state index is -4.14. The molecule has 2 aromatic carbocycles. The molecule has 0 aromatic heterocycles. The van der Waals surface area contributed by atoms with Gasteiger partial charge in [-0.3, -0.25) is 9.10 Å². The number of hydrogen-bond donors (Lipinski definition) is 1. The average Bonchev–Trinajstić information content (AvgIpc) is 2.59. The summed E-state index contributed by atoms with van der Waals surface area (Å²) in [7, 11) is -4.14. The van der Waals surface area contributed by atoms with Crippen molar-refractivity contribution in [2.45, 2.75) is 11.8 Å². The molecule has 2 aromatic rings. The van der Waals surface area contributed by atoms with Crippen LogP contribution < -0.4 is 13.8 Å². The van der Waals surface area contributed by atoms with Gasteiger partial charge in [0.05, 0.1) is 10.6 Å². The van der Waals surface area contributed by atoms with Gasteiger partial charge in [0.25, 0.3) is 10.0 Å². The van der Waals surface area contributed by atoms with Gasteiger partial charge in [-0.1, -0.05) is 11.6 Å². The van der Waals surface area contributed by atoms with E-state index in [-0.39, 0.29) is 10.6 Å². The highest BCUT2D eigenvalue weighted by Gasteiger charge is 2.29. The predicted octanol–water partition coefficient (Wildman–Crippen LogP) is 2.70. The summed E-state index contributed by atoms with van der Waals surface area (Å²) in [5.74, 6) is -0.524. The Morgan fingerprint density at radius 2 is 1.85 bits per heavy atom. The monoisotopic (exact) mass is 397 g/mol. The molecule has 3 rings (SSSR count). The van der Waals surface area contributed by atoms with Crippen LogP contribution in [0.15, 0.2) is 41.3 Å². The van der Waals surface area contributed by atoms with Crippen LogP contribution in [-0.4, -0.2) is 39.3 Å². The molecule has 0 fully saturated rings. The number of hydrogen-bond acceptors (Lipinski definition) is 5. The molecular weight excluding hydrogens is 382 g/mol. The molecule has 26 heavy (non-hydrogen) atoms. The van der Waals surface area contributed by atoms with E-state index in [1.54, 1.807) is 13.0 Å². The lowest BCUT2D eigenvalue weighted by Crippen LogP contribution is -2.36. The minimum absolute atomic E-state index is 0.0858. The normalized spacial score (nSPS) is 13.3. The van der Waals surface area contributed by atoms with Crippen molar-refractivity contribution < 1.29 is 27.8 Å². The summed E-state index contributed by atoms with van der Waals surface area (Å²) in [6, 6.07) is 8.77. The zero-order chi connectivity index (χ0) is 18.9. The fraction of sp³-hybridized carbons (Fsp3) is 0.235. The van der Waals surface area contributed by atoms with Gasteiger partial charge in [-0.15, -0.1) is 0 Å². The van der Waals surface area contributed by atoms with Gasteiger partial charge in [-0.25, -0.2) is 8.42 Å². The second-order valence-electron chi connectivity index (χ2n) is 5.64. The molecule has 1 aliphatic heterocycles. The van der Waals surface area contributed by atoms with Crippen LogP contribution in [0.3, 0.4) is 0 Å². The van der Waals surface area contributed by atoms with E-state index in [2.05, 4.69) is 0 Å². The third kappa shape index (κ3) is 3.56. The van der Waals surface area contributed by atoms with Crippen LogP contribution in [0.2, 0.25) is 5.02 Å². The highest BCUT2D eigenvalue weighted by Crippen LogP contribution is 2.35. The van der Waals surface area contributed by atoms with E-state index in [9.17, 15) is 18.3 Å². The van der Waals surface area contributed by atoms with E-state index >= 15 is 0 Å². The smallest absolute Gasteiger partial charge is 0.324 e. The summed E-state index contributed by atoms with van der Waals surface area (Å²) in [5.41, 5.74) is 0.784. The molecule has 1 N–H and O–H groups in total. The van der Waals surface area contributed by atoms with Crippen LogP contribution in [0.1, 0.15) is 5.56 Å². The van der Waals surface area contributed by atoms with Crippen LogP contribution in [0.4, 0.5) is 5.69 Å². The number of benzene rings is 2. The topological polar surface area (TPSA) is 93.1 Å². The van der Waals surface area contributed by atoms with Crippen molar-refractivity contribution in [1.29, 1.82) is 0 Å². The number of sulfonamides is 1. The Bertz CT molecular complexity index is 960. The average molecular weight is 398 g/mol. The molecule has 0 saturated heterocycles. The molecule has 7 nitrogen and oxygen atoms in total. The zero-order valence-corrected chi connectivity index (χ0v) is 15.4. The number of aryl methyl sites for hydroxylation is 1. The number of carboxylic acid groups (broad SMARTS) is 1. The number of ether oxygens (including phenoxy) is 2. The maximum atomic E-state index is 13.1. The molecule has 0 saturated carbocycles. The second-order valence-corrected chi connectivity index (χ2v) is 7.94. The number of anilines is 1. The van der Waals surface area contributed by atoms with Crippen molar-refractivity contribution in [2.24, 2.45) is 0 Å². The molecule has 0 bridgehead atoms. The van der Waals surface area contributed by atoms with Crippen LogP contribution in [0.25, 0.3) is 0 Å². The molecule has 0 radical (unpaired) electrons. The molecule has 1 heterocycles. The lowest BCUT2D eigenvalue weighted by Gasteiger charge is -2.25. The molecule has 1 aliphatic rings. The Labute approximate surface area is 155 Å². The van der Waals surface area contributed by atoms with Gasteiger partial charge in [0, 0.05) is 11.1 Å². The number of carboxylic acids is 1. The lowest BCUT2D eigenvalue weighted by atomic mass is 10.2. The molecule has 0 aliphatic carbocycles. The molecule has 0 atom stereocenters. The van der Waals surface area contributed by atoms with Gasteiger partial charge in [0.1, 0.15) is 19.8 Å². The Morgan fingerprint density at radius 3 is 2.50 bits per heavy atom. The summed E-state index contributed by atoms with van der Waals surface area (Å²) in [6.45, 7) is 1.63. The van der Waals surface area contributed by atoms with E-state index in [0.717, 1.165) is 4.31 Å². The van der Waals surface area contributed by atoms with Crippen molar-refractivity contribution in [3.63, 3.8) is 0 Å². The van der Waals surface area contributed by atoms with Gasteiger partial charge >= 0.3 is 5.97 Å². The summed E-state index contributed by atoms with van der Waals surface area (Å²) in [6.07, 6.45) is 0. The number of fused-ring (bicyclic) bond motifs is 1. The first-order valence-corrected chi connectivity index (χ1v) is 9.51. The molecular formula is C17H16ClNO6S. The van der Waals surface area contributed by atoms with Crippen molar-refractivity contribution in [1.82, 2.24) is 0 Å². The highest BCUT2D eigenvalue weighted by atomic mass is 35.5. The quantitative estimate of drug-likeness (QED) is 0.833. The standard InChI is InChI=1S/C17H16ClNO6S/c1-11-8-12(18)2-4-14(11)19(10-17(20)21)26(22,23)13-3-5-15-16(9-13)25-7-6-24-15/h2-5,8-9H,6-7,10H2,1H3,(H,20,21). The van der Waals surface area contributed by atoms with Gasteiger partial charge in [0.2, 0.25) is 0 Å². The maximum Gasteiger partial charge on any atom is 0.324 e. The van der Waals surface area contributed by atoms with E-state index in [1.807, 2.05) is 0 Å². The van der Waals surface area contributed by atoms with Gasteiger partial charge in [0.15, 0.2) is 11.5 Å². The van der Waals surface area contributed by atoms with E-state index < -0.39 is 22.5 Å². The van der Waals surface area contributed by atoms with Gasteiger partial charge in [-0.2, -0.15) is 0 Å². The summed E-state index contributed by atoms with van der Waals surface area (Å²) < 4.78 is 37.9. The first-order valence-electron chi connectivity index (χ1n) is 7.69. The Kier molecular flexibility index (Phi) is 4.97. The number of aliphatic carboxylic acids is 1. The van der Waals surface area contributed by atoms with Gasteiger partial charge < -0.3 is 14.6 Å². The van der Waals surface area contributed by atoms with E-state index in [4.69, 9.17) is 21.1 Å². The van der Waals surface area contributed by atoms with Crippen LogP contribution in [-0.2, 0) is 14.8 Å².